The van der Waals surface area contributed by atoms with Crippen molar-refractivity contribution in [2.75, 3.05) is 13.2 Å². The summed E-state index contributed by atoms with van der Waals surface area (Å²) in [6.07, 6.45) is 80.7. The molecule has 0 aromatic carbocycles. The Morgan fingerprint density at radius 2 is 0.680 bits per heavy atom. The van der Waals surface area contributed by atoms with Gasteiger partial charge in [0.2, 0.25) is 5.91 Å². The Kier molecular flexibility index (Phi) is 63.4. The summed E-state index contributed by atoms with van der Waals surface area (Å²) in [5, 5.41) is 23.4. The summed E-state index contributed by atoms with van der Waals surface area (Å²) in [6.45, 7) is 4.94. The largest absolute Gasteiger partial charge is 0.466 e. The molecule has 0 aromatic heterocycles. The zero-order valence-corrected chi connectivity index (χ0v) is 50.8. The summed E-state index contributed by atoms with van der Waals surface area (Å²) in [4.78, 5) is 24.6. The van der Waals surface area contributed by atoms with Crippen LogP contribution < -0.4 is 5.32 Å². The number of hydrogen-bond acceptors (Lipinski definition) is 5. The number of esters is 1. The van der Waals surface area contributed by atoms with Gasteiger partial charge in [-0.05, 0) is 51.4 Å². The number of aliphatic hydroxyl groups excluding tert-OH is 2. The molecule has 0 rings (SSSR count). The van der Waals surface area contributed by atoms with E-state index in [1.807, 2.05) is 0 Å². The summed E-state index contributed by atoms with van der Waals surface area (Å²) in [6, 6.07) is -0.539. The summed E-state index contributed by atoms with van der Waals surface area (Å²) >= 11 is 0. The summed E-state index contributed by atoms with van der Waals surface area (Å²) in [7, 11) is 0. The minimum absolute atomic E-state index is 0.00398. The molecule has 0 aliphatic heterocycles. The van der Waals surface area contributed by atoms with Crippen LogP contribution in [0.4, 0.5) is 0 Å². The van der Waals surface area contributed by atoms with Crippen LogP contribution in [0.2, 0.25) is 0 Å². The van der Waals surface area contributed by atoms with Crippen molar-refractivity contribution in [3.63, 3.8) is 0 Å². The fourth-order valence-electron chi connectivity index (χ4n) is 10.8. The molecule has 2 atom stereocenters. The summed E-state index contributed by atoms with van der Waals surface area (Å²) in [5.41, 5.74) is 0. The van der Waals surface area contributed by atoms with E-state index in [0.29, 0.717) is 25.9 Å². The predicted octanol–water partition coefficient (Wildman–Crippen LogP) is 21.8. The van der Waals surface area contributed by atoms with Crippen LogP contribution in [-0.2, 0) is 14.3 Å². The number of carbonyl (C=O) groups is 2. The molecule has 2 unspecified atom stereocenters. The average molecular weight is 1060 g/mol. The maximum absolute atomic E-state index is 12.5. The summed E-state index contributed by atoms with van der Waals surface area (Å²) < 4.78 is 5.48. The minimum atomic E-state index is -0.662. The van der Waals surface area contributed by atoms with E-state index in [4.69, 9.17) is 4.74 Å². The molecular weight excluding hydrogens is 923 g/mol. The molecule has 0 aliphatic rings. The second-order valence-electron chi connectivity index (χ2n) is 23.5. The molecule has 0 aromatic rings. The third-order valence-electron chi connectivity index (χ3n) is 16.0. The Balaban J connectivity index is 3.35. The lowest BCUT2D eigenvalue weighted by atomic mass is 10.0. The van der Waals surface area contributed by atoms with E-state index in [0.717, 1.165) is 51.4 Å². The van der Waals surface area contributed by atoms with Gasteiger partial charge in [0.25, 0.3) is 0 Å². The number of allylic oxidation sites excluding steroid dienone is 4. The van der Waals surface area contributed by atoms with Crippen molar-refractivity contribution in [1.82, 2.24) is 5.32 Å². The number of ether oxygens (including phenoxy) is 1. The highest BCUT2D eigenvalue weighted by Crippen LogP contribution is 2.19. The lowest BCUT2D eigenvalue weighted by Gasteiger charge is -2.22. The third kappa shape index (κ3) is 61.4. The number of carbonyl (C=O) groups excluding carboxylic acids is 2. The Bertz CT molecular complexity index is 1170. The normalized spacial score (nSPS) is 12.6. The fraction of sp³-hybridized carbons (Fsp3) is 0.913. The first-order chi connectivity index (χ1) is 37.0. The molecule has 0 aliphatic carbocycles. The Hall–Kier alpha value is -1.66. The second kappa shape index (κ2) is 64.9. The van der Waals surface area contributed by atoms with E-state index in [9.17, 15) is 19.8 Å². The zero-order chi connectivity index (χ0) is 54.3. The van der Waals surface area contributed by atoms with E-state index in [1.54, 1.807) is 0 Å². The molecule has 75 heavy (non-hydrogen) atoms. The van der Waals surface area contributed by atoms with Crippen molar-refractivity contribution in [1.29, 1.82) is 0 Å². The van der Waals surface area contributed by atoms with E-state index in [1.165, 1.54) is 295 Å². The molecule has 6 heteroatoms. The van der Waals surface area contributed by atoms with Gasteiger partial charge in [0.05, 0.1) is 25.4 Å². The molecule has 0 heterocycles. The van der Waals surface area contributed by atoms with Crippen LogP contribution in [0.25, 0.3) is 0 Å². The Labute approximate surface area is 469 Å². The van der Waals surface area contributed by atoms with Crippen LogP contribution in [0.15, 0.2) is 24.3 Å². The van der Waals surface area contributed by atoms with Gasteiger partial charge in [-0.25, -0.2) is 0 Å². The van der Waals surface area contributed by atoms with Crippen molar-refractivity contribution in [2.24, 2.45) is 0 Å². The first-order valence-electron chi connectivity index (χ1n) is 34.1. The Morgan fingerprint density at radius 3 is 1.05 bits per heavy atom. The first-order valence-corrected chi connectivity index (χ1v) is 34.1. The van der Waals surface area contributed by atoms with Crippen molar-refractivity contribution < 1.29 is 24.5 Å². The van der Waals surface area contributed by atoms with Crippen molar-refractivity contribution in [3.8, 4) is 0 Å². The number of amides is 1. The third-order valence-corrected chi connectivity index (χ3v) is 16.0. The number of rotatable bonds is 64. The molecular formula is C69H133NO5. The van der Waals surface area contributed by atoms with E-state index in [2.05, 4.69) is 43.5 Å². The van der Waals surface area contributed by atoms with Gasteiger partial charge in [0.1, 0.15) is 0 Å². The molecule has 0 bridgehead atoms. The standard InChI is InChI=1S/C69H133NO5/c1-3-5-7-9-11-13-15-17-19-31-34-37-41-45-49-53-57-61-67(72)66(65-71)70-68(73)62-58-54-50-46-42-38-35-32-29-27-25-23-21-20-22-24-26-28-30-33-36-40-44-48-52-56-60-64-75-69(74)63-59-55-51-47-43-39-18-16-14-12-10-8-6-4-2/h10,12,16,18,66-67,71-72H,3-9,11,13-15,17,19-65H2,1-2H3,(H,70,73)/b12-10-,18-16-. The molecule has 0 saturated carbocycles. The molecule has 0 fully saturated rings. The topological polar surface area (TPSA) is 95.9 Å². The lowest BCUT2D eigenvalue weighted by molar-refractivity contribution is -0.143. The smallest absolute Gasteiger partial charge is 0.305 e. The molecule has 3 N–H and O–H groups in total. The van der Waals surface area contributed by atoms with Crippen molar-refractivity contribution in [2.45, 2.75) is 392 Å². The van der Waals surface area contributed by atoms with Crippen LogP contribution in [-0.4, -0.2) is 47.4 Å². The number of unbranched alkanes of at least 4 members (excludes halogenated alkanes) is 49. The van der Waals surface area contributed by atoms with Crippen LogP contribution in [0.3, 0.4) is 0 Å². The molecule has 0 saturated heterocycles. The monoisotopic (exact) mass is 1060 g/mol. The predicted molar refractivity (Wildman–Crippen MR) is 329 cm³/mol. The van der Waals surface area contributed by atoms with Crippen molar-refractivity contribution in [3.05, 3.63) is 24.3 Å². The first kappa shape index (κ1) is 73.3. The molecule has 444 valence electrons. The quantitative estimate of drug-likeness (QED) is 0.0320. The van der Waals surface area contributed by atoms with Crippen LogP contribution in [0.5, 0.6) is 0 Å². The number of nitrogens with one attached hydrogen (secondary N) is 1. The summed E-state index contributed by atoms with van der Waals surface area (Å²) in [5.74, 6) is -0.0250. The second-order valence-corrected chi connectivity index (χ2v) is 23.5. The maximum atomic E-state index is 12.5. The lowest BCUT2D eigenvalue weighted by Crippen LogP contribution is -2.45. The molecule has 6 nitrogen and oxygen atoms in total. The van der Waals surface area contributed by atoms with Crippen molar-refractivity contribution >= 4 is 11.9 Å². The van der Waals surface area contributed by atoms with Gasteiger partial charge in [-0.1, -0.05) is 340 Å². The van der Waals surface area contributed by atoms with E-state index < -0.39 is 12.1 Å². The molecule has 1 amide bonds. The zero-order valence-electron chi connectivity index (χ0n) is 50.8. The highest BCUT2D eigenvalue weighted by atomic mass is 16.5. The van der Waals surface area contributed by atoms with Gasteiger partial charge in [0.15, 0.2) is 0 Å². The van der Waals surface area contributed by atoms with Gasteiger partial charge in [-0.15, -0.1) is 0 Å². The van der Waals surface area contributed by atoms with Gasteiger partial charge in [-0.2, -0.15) is 0 Å². The van der Waals surface area contributed by atoms with Gasteiger partial charge < -0.3 is 20.3 Å². The maximum Gasteiger partial charge on any atom is 0.305 e. The van der Waals surface area contributed by atoms with Gasteiger partial charge in [-0.3, -0.25) is 9.59 Å². The highest BCUT2D eigenvalue weighted by molar-refractivity contribution is 5.76. The SMILES string of the molecule is CCCC/C=C\C/C=C\CCCCCCCC(=O)OCCCCCCCCCCCCCCCCCCCCCCCCCCCCCC(=O)NC(CO)C(O)CCCCCCCCCCCCCCCCCCC. The van der Waals surface area contributed by atoms with Crippen LogP contribution >= 0.6 is 0 Å². The van der Waals surface area contributed by atoms with E-state index >= 15 is 0 Å². The molecule has 0 radical (unpaired) electrons. The number of hydrogen-bond donors (Lipinski definition) is 3. The molecule has 0 spiro atoms. The minimum Gasteiger partial charge on any atom is -0.466 e. The van der Waals surface area contributed by atoms with Gasteiger partial charge in [0, 0.05) is 12.8 Å². The number of aliphatic hydroxyl groups is 2. The Morgan fingerprint density at radius 1 is 0.373 bits per heavy atom. The van der Waals surface area contributed by atoms with Crippen LogP contribution in [0.1, 0.15) is 380 Å². The highest BCUT2D eigenvalue weighted by Gasteiger charge is 2.20. The average Bonchev–Trinajstić information content (AvgIpc) is 3.41. The fourth-order valence-corrected chi connectivity index (χ4v) is 10.8. The van der Waals surface area contributed by atoms with E-state index in [-0.39, 0.29) is 18.5 Å². The van der Waals surface area contributed by atoms with Gasteiger partial charge >= 0.3 is 5.97 Å². The van der Waals surface area contributed by atoms with Crippen LogP contribution in [0, 0.1) is 0 Å².